The lowest BCUT2D eigenvalue weighted by molar-refractivity contribution is 0.355. The molecular formula is C17H25IN4O3. The van der Waals surface area contributed by atoms with Gasteiger partial charge >= 0.3 is 0 Å². The van der Waals surface area contributed by atoms with E-state index in [2.05, 4.69) is 20.6 Å². The lowest BCUT2D eigenvalue weighted by atomic mass is 10.3. The molecule has 0 saturated heterocycles. The van der Waals surface area contributed by atoms with Crippen LogP contribution in [0.3, 0.4) is 0 Å². The zero-order valence-corrected chi connectivity index (χ0v) is 17.5. The Bertz CT molecular complexity index is 696. The van der Waals surface area contributed by atoms with Crippen LogP contribution in [0, 0.1) is 13.8 Å². The van der Waals surface area contributed by atoms with Gasteiger partial charge in [0.15, 0.2) is 17.5 Å². The first-order valence-electron chi connectivity index (χ1n) is 7.77. The number of hydrogen-bond donors (Lipinski definition) is 2. The molecule has 0 amide bonds. The number of rotatable bonds is 6. The van der Waals surface area contributed by atoms with E-state index in [0.29, 0.717) is 29.9 Å². The van der Waals surface area contributed by atoms with E-state index in [1.165, 1.54) is 0 Å². The van der Waals surface area contributed by atoms with E-state index in [1.807, 2.05) is 39.0 Å². The lowest BCUT2D eigenvalue weighted by Gasteiger charge is -2.13. The van der Waals surface area contributed by atoms with Gasteiger partial charge in [-0.3, -0.25) is 0 Å². The van der Waals surface area contributed by atoms with Crippen LogP contribution < -0.4 is 20.1 Å². The molecule has 2 N–H and O–H groups in total. The maximum absolute atomic E-state index is 5.55. The Kier molecular flexibility index (Phi) is 8.53. The summed E-state index contributed by atoms with van der Waals surface area (Å²) in [6, 6.07) is 5.59. The second-order valence-corrected chi connectivity index (χ2v) is 5.14. The van der Waals surface area contributed by atoms with Crippen molar-refractivity contribution in [3.63, 3.8) is 0 Å². The molecule has 1 heterocycles. The number of aliphatic imine (C=N–C) groups is 1. The Labute approximate surface area is 165 Å². The van der Waals surface area contributed by atoms with Gasteiger partial charge in [0.25, 0.3) is 0 Å². The minimum Gasteiger partial charge on any atom is -0.493 e. The monoisotopic (exact) mass is 460 g/mol. The second kappa shape index (κ2) is 10.1. The first-order valence-corrected chi connectivity index (χ1v) is 7.77. The summed E-state index contributed by atoms with van der Waals surface area (Å²) in [5.74, 6) is 3.37. The molecule has 0 bridgehead atoms. The number of aromatic nitrogens is 1. The van der Waals surface area contributed by atoms with Gasteiger partial charge in [-0.15, -0.1) is 24.0 Å². The SMILES string of the molecule is CCNC(=NCc1nc(C)c(C)o1)Nc1ccc(OC)c(OC)c1.I. The summed E-state index contributed by atoms with van der Waals surface area (Å²) in [6.07, 6.45) is 0. The molecule has 0 aliphatic carbocycles. The predicted molar refractivity (Wildman–Crippen MR) is 109 cm³/mol. The van der Waals surface area contributed by atoms with Gasteiger partial charge in [-0.25, -0.2) is 9.98 Å². The largest absolute Gasteiger partial charge is 0.493 e. The molecule has 138 valence electrons. The molecule has 1 aromatic heterocycles. The number of benzene rings is 1. The highest BCUT2D eigenvalue weighted by atomic mass is 127. The quantitative estimate of drug-likeness (QED) is 0.390. The van der Waals surface area contributed by atoms with Crippen molar-refractivity contribution in [2.75, 3.05) is 26.1 Å². The van der Waals surface area contributed by atoms with Crippen LogP contribution in [0.15, 0.2) is 27.6 Å². The molecule has 7 nitrogen and oxygen atoms in total. The fourth-order valence-electron chi connectivity index (χ4n) is 2.11. The molecule has 25 heavy (non-hydrogen) atoms. The minimum absolute atomic E-state index is 0. The molecule has 8 heteroatoms. The van der Waals surface area contributed by atoms with Crippen molar-refractivity contribution in [1.29, 1.82) is 0 Å². The van der Waals surface area contributed by atoms with E-state index in [9.17, 15) is 0 Å². The summed E-state index contributed by atoms with van der Waals surface area (Å²) in [7, 11) is 3.21. The summed E-state index contributed by atoms with van der Waals surface area (Å²) >= 11 is 0. The minimum atomic E-state index is 0. The Balaban J connectivity index is 0.00000312. The van der Waals surface area contributed by atoms with Crippen molar-refractivity contribution in [1.82, 2.24) is 10.3 Å². The van der Waals surface area contributed by atoms with Gasteiger partial charge in [0, 0.05) is 18.3 Å². The number of oxazole rings is 1. The zero-order valence-electron chi connectivity index (χ0n) is 15.2. The van der Waals surface area contributed by atoms with Gasteiger partial charge in [0.2, 0.25) is 5.89 Å². The highest BCUT2D eigenvalue weighted by Crippen LogP contribution is 2.29. The third-order valence-electron chi connectivity index (χ3n) is 3.44. The molecule has 0 saturated carbocycles. The number of guanidine groups is 1. The smallest absolute Gasteiger partial charge is 0.216 e. The Morgan fingerprint density at radius 2 is 1.92 bits per heavy atom. The van der Waals surface area contributed by atoms with Crippen LogP contribution in [-0.4, -0.2) is 31.7 Å². The predicted octanol–water partition coefficient (Wildman–Crippen LogP) is 3.50. The normalized spacial score (nSPS) is 10.8. The van der Waals surface area contributed by atoms with Gasteiger partial charge in [-0.2, -0.15) is 0 Å². The molecule has 0 aliphatic rings. The standard InChI is InChI=1S/C17H24N4O3.HI/c1-6-18-17(19-10-16-20-11(2)12(3)24-16)21-13-7-8-14(22-4)15(9-13)23-5;/h7-9H,6,10H2,1-5H3,(H2,18,19,21);1H. The highest BCUT2D eigenvalue weighted by molar-refractivity contribution is 14.0. The molecule has 0 radical (unpaired) electrons. The molecule has 2 aromatic rings. The van der Waals surface area contributed by atoms with E-state index in [0.717, 1.165) is 23.7 Å². The first-order chi connectivity index (χ1) is 11.6. The van der Waals surface area contributed by atoms with Crippen LogP contribution >= 0.6 is 24.0 Å². The number of aryl methyl sites for hydroxylation is 2. The summed E-state index contributed by atoms with van der Waals surface area (Å²) in [6.45, 7) is 6.91. The molecule has 2 rings (SSSR count). The molecule has 0 fully saturated rings. The summed E-state index contributed by atoms with van der Waals surface area (Å²) in [4.78, 5) is 8.83. The molecule has 0 unspecified atom stereocenters. The molecular weight excluding hydrogens is 435 g/mol. The molecule has 0 atom stereocenters. The van der Waals surface area contributed by atoms with E-state index >= 15 is 0 Å². The second-order valence-electron chi connectivity index (χ2n) is 5.14. The fourth-order valence-corrected chi connectivity index (χ4v) is 2.11. The van der Waals surface area contributed by atoms with Crippen molar-refractivity contribution in [2.45, 2.75) is 27.3 Å². The zero-order chi connectivity index (χ0) is 17.5. The van der Waals surface area contributed by atoms with Crippen LogP contribution in [0.5, 0.6) is 11.5 Å². The van der Waals surface area contributed by atoms with Crippen LogP contribution in [0.2, 0.25) is 0 Å². The summed E-state index contributed by atoms with van der Waals surface area (Å²) in [5, 5.41) is 6.42. The maximum Gasteiger partial charge on any atom is 0.216 e. The number of halogens is 1. The highest BCUT2D eigenvalue weighted by Gasteiger charge is 2.08. The number of methoxy groups -OCH3 is 2. The van der Waals surface area contributed by atoms with E-state index in [1.54, 1.807) is 14.2 Å². The molecule has 1 aromatic carbocycles. The maximum atomic E-state index is 5.55. The Morgan fingerprint density at radius 3 is 2.48 bits per heavy atom. The fraction of sp³-hybridized carbons (Fsp3) is 0.412. The van der Waals surface area contributed by atoms with Crippen molar-refractivity contribution in [2.24, 2.45) is 4.99 Å². The number of nitrogens with zero attached hydrogens (tertiary/aromatic N) is 2. The van der Waals surface area contributed by atoms with Crippen LogP contribution in [0.1, 0.15) is 24.3 Å². The topological polar surface area (TPSA) is 80.9 Å². The van der Waals surface area contributed by atoms with Crippen LogP contribution in [-0.2, 0) is 6.54 Å². The third kappa shape index (κ3) is 5.80. The number of ether oxygens (including phenoxy) is 2. The van der Waals surface area contributed by atoms with Crippen LogP contribution in [0.4, 0.5) is 5.69 Å². The van der Waals surface area contributed by atoms with E-state index < -0.39 is 0 Å². The Morgan fingerprint density at radius 1 is 1.20 bits per heavy atom. The van der Waals surface area contributed by atoms with Gasteiger partial charge in [0.1, 0.15) is 12.3 Å². The van der Waals surface area contributed by atoms with Crippen molar-refractivity contribution in [3.05, 3.63) is 35.5 Å². The summed E-state index contributed by atoms with van der Waals surface area (Å²) in [5.41, 5.74) is 1.73. The van der Waals surface area contributed by atoms with Gasteiger partial charge < -0.3 is 24.5 Å². The van der Waals surface area contributed by atoms with Gasteiger partial charge in [0.05, 0.1) is 19.9 Å². The first kappa shape index (κ1) is 21.1. The Hall–Kier alpha value is -1.97. The average Bonchev–Trinajstić information content (AvgIpc) is 2.91. The van der Waals surface area contributed by atoms with Gasteiger partial charge in [-0.1, -0.05) is 0 Å². The summed E-state index contributed by atoms with van der Waals surface area (Å²) < 4.78 is 16.1. The number of anilines is 1. The van der Waals surface area contributed by atoms with Crippen molar-refractivity contribution >= 4 is 35.6 Å². The van der Waals surface area contributed by atoms with Crippen molar-refractivity contribution < 1.29 is 13.9 Å². The number of hydrogen-bond acceptors (Lipinski definition) is 5. The van der Waals surface area contributed by atoms with Crippen molar-refractivity contribution in [3.8, 4) is 11.5 Å². The lowest BCUT2D eigenvalue weighted by Crippen LogP contribution is -2.30. The van der Waals surface area contributed by atoms with Gasteiger partial charge in [-0.05, 0) is 32.9 Å². The van der Waals surface area contributed by atoms with E-state index in [-0.39, 0.29) is 24.0 Å². The number of nitrogens with one attached hydrogen (secondary N) is 2. The van der Waals surface area contributed by atoms with Crippen LogP contribution in [0.25, 0.3) is 0 Å². The third-order valence-corrected chi connectivity index (χ3v) is 3.44. The van der Waals surface area contributed by atoms with E-state index in [4.69, 9.17) is 13.9 Å². The molecule has 0 spiro atoms. The molecule has 0 aliphatic heterocycles. The average molecular weight is 460 g/mol.